The molecule has 30 heavy (non-hydrogen) atoms. The molecule has 1 fully saturated rings. The van der Waals surface area contributed by atoms with Crippen molar-refractivity contribution in [2.24, 2.45) is 0 Å². The third kappa shape index (κ3) is 6.45. The van der Waals surface area contributed by atoms with Gasteiger partial charge in [0.15, 0.2) is 0 Å². The molecule has 0 saturated carbocycles. The van der Waals surface area contributed by atoms with Gasteiger partial charge in [-0.1, -0.05) is 29.3 Å². The molecule has 2 aromatic carbocycles. The van der Waals surface area contributed by atoms with Gasteiger partial charge in [-0.2, -0.15) is 0 Å². The van der Waals surface area contributed by atoms with Gasteiger partial charge in [-0.05, 0) is 62.6 Å². The first-order valence-electron chi connectivity index (χ1n) is 10.1. The summed E-state index contributed by atoms with van der Waals surface area (Å²) < 4.78 is 33.4. The van der Waals surface area contributed by atoms with E-state index >= 15 is 0 Å². The van der Waals surface area contributed by atoms with Gasteiger partial charge in [-0.25, -0.2) is 13.1 Å². The SMILES string of the molecule is Cc1ccc(OCCCC(=O)N2CCC(NS(=O)(=O)c3ccc(Cl)cc3)CC2)cc1. The number of carbonyl (C=O) groups is 1. The number of halogens is 1. The maximum atomic E-state index is 12.5. The van der Waals surface area contributed by atoms with E-state index in [1.54, 1.807) is 17.0 Å². The lowest BCUT2D eigenvalue weighted by molar-refractivity contribution is -0.132. The topological polar surface area (TPSA) is 75.7 Å². The van der Waals surface area contributed by atoms with Gasteiger partial charge >= 0.3 is 0 Å². The number of hydrogen-bond donors (Lipinski definition) is 1. The lowest BCUT2D eigenvalue weighted by Gasteiger charge is -2.32. The molecule has 0 aliphatic carbocycles. The summed E-state index contributed by atoms with van der Waals surface area (Å²) in [6.07, 6.45) is 2.26. The van der Waals surface area contributed by atoms with Crippen molar-refractivity contribution in [1.82, 2.24) is 9.62 Å². The van der Waals surface area contributed by atoms with Crippen LogP contribution in [0.25, 0.3) is 0 Å². The molecule has 2 aromatic rings. The van der Waals surface area contributed by atoms with Crippen molar-refractivity contribution in [3.05, 3.63) is 59.1 Å². The highest BCUT2D eigenvalue weighted by Crippen LogP contribution is 2.18. The molecule has 162 valence electrons. The lowest BCUT2D eigenvalue weighted by atomic mass is 10.1. The lowest BCUT2D eigenvalue weighted by Crippen LogP contribution is -2.46. The molecule has 0 aromatic heterocycles. The van der Waals surface area contributed by atoms with Crippen molar-refractivity contribution < 1.29 is 17.9 Å². The monoisotopic (exact) mass is 450 g/mol. The Balaban J connectivity index is 1.38. The van der Waals surface area contributed by atoms with E-state index in [0.717, 1.165) is 5.75 Å². The summed E-state index contributed by atoms with van der Waals surface area (Å²) in [5, 5.41) is 0.491. The fraction of sp³-hybridized carbons (Fsp3) is 0.409. The number of amides is 1. The number of nitrogens with zero attached hydrogens (tertiary/aromatic N) is 1. The number of likely N-dealkylation sites (tertiary alicyclic amines) is 1. The summed E-state index contributed by atoms with van der Waals surface area (Å²) >= 11 is 5.82. The minimum atomic E-state index is -3.59. The van der Waals surface area contributed by atoms with Crippen LogP contribution >= 0.6 is 11.6 Å². The van der Waals surface area contributed by atoms with E-state index in [4.69, 9.17) is 16.3 Å². The first kappa shape index (κ1) is 22.6. The number of ether oxygens (including phenoxy) is 1. The van der Waals surface area contributed by atoms with Crippen molar-refractivity contribution in [3.63, 3.8) is 0 Å². The average Bonchev–Trinajstić information content (AvgIpc) is 2.73. The second kappa shape index (κ2) is 10.3. The van der Waals surface area contributed by atoms with Crippen LogP contribution in [-0.2, 0) is 14.8 Å². The highest BCUT2D eigenvalue weighted by Gasteiger charge is 2.26. The molecule has 1 aliphatic rings. The van der Waals surface area contributed by atoms with E-state index in [0.29, 0.717) is 50.4 Å². The quantitative estimate of drug-likeness (QED) is 0.621. The predicted molar refractivity (Wildman–Crippen MR) is 117 cm³/mol. The molecule has 0 radical (unpaired) electrons. The number of carbonyl (C=O) groups excluding carboxylic acids is 1. The predicted octanol–water partition coefficient (Wildman–Crippen LogP) is 3.78. The van der Waals surface area contributed by atoms with Crippen LogP contribution in [0.1, 0.15) is 31.2 Å². The fourth-order valence-corrected chi connectivity index (χ4v) is 4.78. The van der Waals surface area contributed by atoms with E-state index < -0.39 is 10.0 Å². The van der Waals surface area contributed by atoms with Crippen molar-refractivity contribution in [2.75, 3.05) is 19.7 Å². The Morgan fingerprint density at radius 3 is 2.37 bits per heavy atom. The number of sulfonamides is 1. The summed E-state index contributed by atoms with van der Waals surface area (Å²) in [5.41, 5.74) is 1.18. The number of rotatable bonds is 8. The number of hydrogen-bond acceptors (Lipinski definition) is 4. The van der Waals surface area contributed by atoms with Gasteiger partial charge < -0.3 is 9.64 Å². The molecule has 8 heteroatoms. The van der Waals surface area contributed by atoms with Gasteiger partial charge in [0.05, 0.1) is 11.5 Å². The molecule has 1 heterocycles. The number of piperidine rings is 1. The molecule has 1 N–H and O–H groups in total. The second-order valence-electron chi connectivity index (χ2n) is 7.50. The zero-order valence-electron chi connectivity index (χ0n) is 17.0. The van der Waals surface area contributed by atoms with Crippen molar-refractivity contribution >= 4 is 27.5 Å². The van der Waals surface area contributed by atoms with E-state index in [1.807, 2.05) is 31.2 Å². The van der Waals surface area contributed by atoms with Crippen LogP contribution in [0.3, 0.4) is 0 Å². The zero-order valence-corrected chi connectivity index (χ0v) is 18.6. The van der Waals surface area contributed by atoms with Gasteiger partial charge in [0, 0.05) is 30.6 Å². The fourth-order valence-electron chi connectivity index (χ4n) is 3.35. The highest BCUT2D eigenvalue weighted by molar-refractivity contribution is 7.89. The standard InChI is InChI=1S/C22H27ClN2O4S/c1-17-4-8-20(9-5-17)29-16-2-3-22(26)25-14-12-19(13-15-25)24-30(27,28)21-10-6-18(23)7-11-21/h4-11,19,24H,2-3,12-16H2,1H3. The highest BCUT2D eigenvalue weighted by atomic mass is 35.5. The number of benzene rings is 2. The van der Waals surface area contributed by atoms with E-state index in [2.05, 4.69) is 4.72 Å². The van der Waals surface area contributed by atoms with Crippen LogP contribution in [0, 0.1) is 6.92 Å². The van der Waals surface area contributed by atoms with Gasteiger partial charge in [-0.15, -0.1) is 0 Å². The van der Waals surface area contributed by atoms with Crippen LogP contribution < -0.4 is 9.46 Å². The largest absolute Gasteiger partial charge is 0.494 e. The Bertz CT molecular complexity index is 938. The molecular formula is C22H27ClN2O4S. The second-order valence-corrected chi connectivity index (χ2v) is 9.65. The van der Waals surface area contributed by atoms with Crippen LogP contribution in [-0.4, -0.2) is 45.0 Å². The molecular weight excluding hydrogens is 424 g/mol. The van der Waals surface area contributed by atoms with Gasteiger partial charge in [-0.3, -0.25) is 4.79 Å². The maximum absolute atomic E-state index is 12.5. The van der Waals surface area contributed by atoms with E-state index in [-0.39, 0.29) is 16.8 Å². The molecule has 0 unspecified atom stereocenters. The molecule has 3 rings (SSSR count). The molecule has 6 nitrogen and oxygen atoms in total. The minimum Gasteiger partial charge on any atom is -0.494 e. The average molecular weight is 451 g/mol. The molecule has 0 spiro atoms. The molecule has 1 saturated heterocycles. The minimum absolute atomic E-state index is 0.0847. The van der Waals surface area contributed by atoms with Gasteiger partial charge in [0.2, 0.25) is 15.9 Å². The first-order valence-corrected chi connectivity index (χ1v) is 11.9. The zero-order chi connectivity index (χ0) is 21.6. The van der Waals surface area contributed by atoms with Crippen molar-refractivity contribution in [3.8, 4) is 5.75 Å². The van der Waals surface area contributed by atoms with Crippen LogP contribution in [0.2, 0.25) is 5.02 Å². The normalized spacial score (nSPS) is 15.2. The van der Waals surface area contributed by atoms with Crippen molar-refractivity contribution in [1.29, 1.82) is 0 Å². The summed E-state index contributed by atoms with van der Waals surface area (Å²) in [7, 11) is -3.59. The Morgan fingerprint density at radius 1 is 1.10 bits per heavy atom. The van der Waals surface area contributed by atoms with Crippen LogP contribution in [0.15, 0.2) is 53.4 Å². The van der Waals surface area contributed by atoms with E-state index in [1.165, 1.54) is 17.7 Å². The van der Waals surface area contributed by atoms with Crippen molar-refractivity contribution in [2.45, 2.75) is 43.5 Å². The Hall–Kier alpha value is -2.09. The first-order chi connectivity index (χ1) is 14.3. The van der Waals surface area contributed by atoms with Gasteiger partial charge in [0.25, 0.3) is 0 Å². The summed E-state index contributed by atoms with van der Waals surface area (Å²) in [6.45, 7) is 3.61. The molecule has 0 bridgehead atoms. The third-order valence-corrected chi connectivity index (χ3v) is 6.91. The van der Waals surface area contributed by atoms with Gasteiger partial charge in [0.1, 0.15) is 5.75 Å². The summed E-state index contributed by atoms with van der Waals surface area (Å²) in [4.78, 5) is 14.4. The number of nitrogens with one attached hydrogen (secondary N) is 1. The summed E-state index contributed by atoms with van der Waals surface area (Å²) in [6, 6.07) is 13.7. The van der Waals surface area contributed by atoms with E-state index in [9.17, 15) is 13.2 Å². The van der Waals surface area contributed by atoms with Crippen LogP contribution in [0.4, 0.5) is 0 Å². The molecule has 1 amide bonds. The number of aryl methyl sites for hydroxylation is 1. The summed E-state index contributed by atoms with van der Waals surface area (Å²) in [5.74, 6) is 0.892. The maximum Gasteiger partial charge on any atom is 0.240 e. The third-order valence-electron chi connectivity index (χ3n) is 5.12. The van der Waals surface area contributed by atoms with Crippen LogP contribution in [0.5, 0.6) is 5.75 Å². The Morgan fingerprint density at radius 2 is 1.73 bits per heavy atom. The smallest absolute Gasteiger partial charge is 0.240 e. The molecule has 0 atom stereocenters. The molecule has 1 aliphatic heterocycles. The Labute approximate surface area is 183 Å². The Kier molecular flexibility index (Phi) is 7.75.